The molecule has 88 valence electrons. The summed E-state index contributed by atoms with van der Waals surface area (Å²) in [7, 11) is 0. The maximum atomic E-state index is 10.8. The Morgan fingerprint density at radius 2 is 2.33 bits per heavy atom. The van der Waals surface area contributed by atoms with Gasteiger partial charge < -0.3 is 20.1 Å². The van der Waals surface area contributed by atoms with Gasteiger partial charge in [-0.2, -0.15) is 0 Å². The molecule has 1 fully saturated rings. The van der Waals surface area contributed by atoms with Crippen molar-refractivity contribution in [3.05, 3.63) is 0 Å². The molecule has 1 aliphatic heterocycles. The van der Waals surface area contributed by atoms with Crippen LogP contribution in [0.5, 0.6) is 0 Å². The molecule has 1 rings (SSSR count). The summed E-state index contributed by atoms with van der Waals surface area (Å²) >= 11 is 0. The fourth-order valence-corrected chi connectivity index (χ4v) is 1.97. The fourth-order valence-electron chi connectivity index (χ4n) is 1.97. The molecule has 1 saturated heterocycles. The molecule has 5 heteroatoms. The SMILES string of the molecule is CCN[C@@H]1CCN(C(=O)O)C[C@@H]1OCC. The van der Waals surface area contributed by atoms with Gasteiger partial charge in [0.15, 0.2) is 0 Å². The van der Waals surface area contributed by atoms with Crippen LogP contribution in [-0.4, -0.2) is 54.5 Å². The molecule has 0 bridgehead atoms. The summed E-state index contributed by atoms with van der Waals surface area (Å²) in [6.07, 6.45) is -0.0420. The number of piperidine rings is 1. The summed E-state index contributed by atoms with van der Waals surface area (Å²) < 4.78 is 5.56. The van der Waals surface area contributed by atoms with Crippen molar-refractivity contribution in [1.82, 2.24) is 10.2 Å². The molecule has 1 aliphatic rings. The summed E-state index contributed by atoms with van der Waals surface area (Å²) in [4.78, 5) is 12.2. The van der Waals surface area contributed by atoms with E-state index in [0.717, 1.165) is 13.0 Å². The van der Waals surface area contributed by atoms with Crippen molar-refractivity contribution in [2.45, 2.75) is 32.4 Å². The highest BCUT2D eigenvalue weighted by Crippen LogP contribution is 2.14. The Balaban J connectivity index is 2.52. The largest absolute Gasteiger partial charge is 0.465 e. The quantitative estimate of drug-likeness (QED) is 0.728. The van der Waals surface area contributed by atoms with Crippen LogP contribution in [0, 0.1) is 0 Å². The van der Waals surface area contributed by atoms with Crippen molar-refractivity contribution in [3.63, 3.8) is 0 Å². The molecule has 0 unspecified atom stereocenters. The first-order valence-corrected chi connectivity index (χ1v) is 5.51. The minimum atomic E-state index is -0.852. The zero-order chi connectivity index (χ0) is 11.3. The Labute approximate surface area is 90.4 Å². The normalized spacial score (nSPS) is 26.7. The average Bonchev–Trinajstić information content (AvgIpc) is 2.21. The fraction of sp³-hybridized carbons (Fsp3) is 0.900. The van der Waals surface area contributed by atoms with Gasteiger partial charge in [-0.15, -0.1) is 0 Å². The van der Waals surface area contributed by atoms with Gasteiger partial charge in [0.25, 0.3) is 0 Å². The lowest BCUT2D eigenvalue weighted by molar-refractivity contribution is -0.0119. The van der Waals surface area contributed by atoms with Crippen molar-refractivity contribution < 1.29 is 14.6 Å². The Kier molecular flexibility index (Phi) is 4.84. The average molecular weight is 216 g/mol. The van der Waals surface area contributed by atoms with Crippen molar-refractivity contribution in [2.24, 2.45) is 0 Å². The van der Waals surface area contributed by atoms with E-state index in [1.165, 1.54) is 4.90 Å². The molecule has 2 N–H and O–H groups in total. The number of carbonyl (C=O) groups is 1. The number of ether oxygens (including phenoxy) is 1. The number of carboxylic acid groups (broad SMARTS) is 1. The van der Waals surface area contributed by atoms with Gasteiger partial charge in [0.1, 0.15) is 0 Å². The lowest BCUT2D eigenvalue weighted by atomic mass is 10.0. The van der Waals surface area contributed by atoms with Gasteiger partial charge in [-0.3, -0.25) is 0 Å². The molecule has 5 nitrogen and oxygen atoms in total. The maximum Gasteiger partial charge on any atom is 0.407 e. The van der Waals surface area contributed by atoms with Crippen molar-refractivity contribution in [2.75, 3.05) is 26.2 Å². The van der Waals surface area contributed by atoms with E-state index in [-0.39, 0.29) is 12.1 Å². The Morgan fingerprint density at radius 1 is 1.60 bits per heavy atom. The van der Waals surface area contributed by atoms with Crippen molar-refractivity contribution >= 4 is 6.09 Å². The zero-order valence-corrected chi connectivity index (χ0v) is 9.40. The molecule has 0 aromatic rings. The first-order chi connectivity index (χ1) is 7.19. The molecule has 0 saturated carbocycles. The number of likely N-dealkylation sites (N-methyl/N-ethyl adjacent to an activating group) is 1. The molecule has 1 amide bonds. The highest BCUT2D eigenvalue weighted by Gasteiger charge is 2.31. The molecule has 15 heavy (non-hydrogen) atoms. The molecule has 2 atom stereocenters. The van der Waals surface area contributed by atoms with Crippen molar-refractivity contribution in [3.8, 4) is 0 Å². The van der Waals surface area contributed by atoms with Crippen LogP contribution in [0.2, 0.25) is 0 Å². The summed E-state index contributed by atoms with van der Waals surface area (Å²) in [6, 6.07) is 0.283. The van der Waals surface area contributed by atoms with E-state index in [2.05, 4.69) is 5.32 Å². The van der Waals surface area contributed by atoms with Crippen LogP contribution in [0.4, 0.5) is 4.79 Å². The van der Waals surface area contributed by atoms with Crippen LogP contribution in [-0.2, 0) is 4.74 Å². The minimum absolute atomic E-state index is 0.0141. The number of likely N-dealkylation sites (tertiary alicyclic amines) is 1. The van der Waals surface area contributed by atoms with E-state index >= 15 is 0 Å². The van der Waals surface area contributed by atoms with Gasteiger partial charge >= 0.3 is 6.09 Å². The lowest BCUT2D eigenvalue weighted by Crippen LogP contribution is -2.54. The molecular formula is C10H20N2O3. The number of nitrogens with zero attached hydrogens (tertiary/aromatic N) is 1. The van der Waals surface area contributed by atoms with Gasteiger partial charge in [0, 0.05) is 19.2 Å². The van der Waals surface area contributed by atoms with E-state index in [9.17, 15) is 4.79 Å². The smallest absolute Gasteiger partial charge is 0.407 e. The van der Waals surface area contributed by atoms with E-state index in [1.54, 1.807) is 0 Å². The highest BCUT2D eigenvalue weighted by atomic mass is 16.5. The van der Waals surface area contributed by atoms with Crippen LogP contribution < -0.4 is 5.32 Å². The Bertz CT molecular complexity index is 211. The number of rotatable bonds is 4. The van der Waals surface area contributed by atoms with Gasteiger partial charge in [0.05, 0.1) is 12.6 Å². The number of amides is 1. The predicted molar refractivity (Wildman–Crippen MR) is 57.1 cm³/mol. The van der Waals surface area contributed by atoms with E-state index in [1.807, 2.05) is 13.8 Å². The minimum Gasteiger partial charge on any atom is -0.465 e. The first kappa shape index (κ1) is 12.3. The van der Waals surface area contributed by atoms with Crippen LogP contribution in [0.15, 0.2) is 0 Å². The Morgan fingerprint density at radius 3 is 2.87 bits per heavy atom. The topological polar surface area (TPSA) is 61.8 Å². The van der Waals surface area contributed by atoms with E-state index < -0.39 is 6.09 Å². The molecule has 0 aromatic carbocycles. The molecule has 0 aliphatic carbocycles. The third-order valence-electron chi connectivity index (χ3n) is 2.68. The second-order valence-corrected chi connectivity index (χ2v) is 3.68. The van der Waals surface area contributed by atoms with E-state index in [4.69, 9.17) is 9.84 Å². The first-order valence-electron chi connectivity index (χ1n) is 5.51. The van der Waals surface area contributed by atoms with Crippen LogP contribution in [0.1, 0.15) is 20.3 Å². The second kappa shape index (κ2) is 5.92. The van der Waals surface area contributed by atoms with Crippen LogP contribution in [0.3, 0.4) is 0 Å². The van der Waals surface area contributed by atoms with Gasteiger partial charge in [-0.1, -0.05) is 6.92 Å². The summed E-state index contributed by atoms with van der Waals surface area (Å²) in [6.45, 7) is 6.56. The molecular weight excluding hydrogens is 196 g/mol. The monoisotopic (exact) mass is 216 g/mol. The molecule has 0 spiro atoms. The number of nitrogens with one attached hydrogen (secondary N) is 1. The third kappa shape index (κ3) is 3.35. The molecule has 1 heterocycles. The summed E-state index contributed by atoms with van der Waals surface area (Å²) in [5, 5.41) is 12.2. The number of hydrogen-bond acceptors (Lipinski definition) is 3. The van der Waals surface area contributed by atoms with Gasteiger partial charge in [0.2, 0.25) is 0 Å². The standard InChI is InChI=1S/C10H20N2O3/c1-3-11-8-5-6-12(10(13)14)7-9(8)15-4-2/h8-9,11H,3-7H2,1-2H3,(H,13,14)/t8-,9+/m1/s1. The van der Waals surface area contributed by atoms with Crippen LogP contribution in [0.25, 0.3) is 0 Å². The molecule has 0 radical (unpaired) electrons. The predicted octanol–water partition coefficient (Wildman–Crippen LogP) is 0.753. The third-order valence-corrected chi connectivity index (χ3v) is 2.68. The second-order valence-electron chi connectivity index (χ2n) is 3.68. The summed E-state index contributed by atoms with van der Waals surface area (Å²) in [5.74, 6) is 0. The number of hydrogen-bond donors (Lipinski definition) is 2. The summed E-state index contributed by atoms with van der Waals surface area (Å²) in [5.41, 5.74) is 0. The zero-order valence-electron chi connectivity index (χ0n) is 9.40. The Hall–Kier alpha value is -0.810. The van der Waals surface area contributed by atoms with Crippen molar-refractivity contribution in [1.29, 1.82) is 0 Å². The van der Waals surface area contributed by atoms with Gasteiger partial charge in [-0.05, 0) is 19.9 Å². The van der Waals surface area contributed by atoms with Crippen LogP contribution >= 0.6 is 0 Å². The van der Waals surface area contributed by atoms with Gasteiger partial charge in [-0.25, -0.2) is 4.79 Å². The molecule has 0 aromatic heterocycles. The van der Waals surface area contributed by atoms with E-state index in [0.29, 0.717) is 19.7 Å². The maximum absolute atomic E-state index is 10.8. The highest BCUT2D eigenvalue weighted by molar-refractivity contribution is 5.65. The lowest BCUT2D eigenvalue weighted by Gasteiger charge is -2.37.